The minimum Gasteiger partial charge on any atom is -0.334 e. The zero-order valence-electron chi connectivity index (χ0n) is 15.5. The number of carbonyl (C=O) groups excluding carboxylic acids is 1. The maximum Gasteiger partial charge on any atom is 0.227 e. The Morgan fingerprint density at radius 1 is 1.18 bits per heavy atom. The van der Waals surface area contributed by atoms with Crippen molar-refractivity contribution in [1.29, 1.82) is 0 Å². The van der Waals surface area contributed by atoms with Gasteiger partial charge < -0.3 is 4.90 Å². The summed E-state index contributed by atoms with van der Waals surface area (Å²) in [5, 5.41) is 6.86. The molecule has 28 heavy (non-hydrogen) atoms. The summed E-state index contributed by atoms with van der Waals surface area (Å²) in [4.78, 5) is 19.2. The fourth-order valence-electron chi connectivity index (χ4n) is 4.02. The summed E-state index contributed by atoms with van der Waals surface area (Å²) < 4.78 is 13.5. The Morgan fingerprint density at radius 2 is 2.07 bits per heavy atom. The van der Waals surface area contributed by atoms with E-state index in [1.54, 1.807) is 19.2 Å². The van der Waals surface area contributed by atoms with Crippen LogP contribution >= 0.6 is 0 Å². The summed E-state index contributed by atoms with van der Waals surface area (Å²) in [5.74, 6) is -0.121. The van der Waals surface area contributed by atoms with Crippen molar-refractivity contribution in [1.82, 2.24) is 15.1 Å². The molecule has 0 unspecified atom stereocenters. The number of H-pyrrole nitrogens is 1. The van der Waals surface area contributed by atoms with Gasteiger partial charge in [-0.15, -0.1) is 0 Å². The van der Waals surface area contributed by atoms with Gasteiger partial charge in [0.2, 0.25) is 5.91 Å². The number of rotatable bonds is 3. The molecule has 5 nitrogen and oxygen atoms in total. The predicted molar refractivity (Wildman–Crippen MR) is 103 cm³/mol. The van der Waals surface area contributed by atoms with Gasteiger partial charge in [0.1, 0.15) is 5.82 Å². The maximum absolute atomic E-state index is 13.5. The fraction of sp³-hybridized carbons (Fsp3) is 0.227. The van der Waals surface area contributed by atoms with Crippen LogP contribution in [0.1, 0.15) is 38.9 Å². The van der Waals surface area contributed by atoms with E-state index in [1.807, 2.05) is 17.2 Å². The standard InChI is InChI=1S/C22H19FN4O/c1-13-4-14(2-3-20(13)23)11-27-12-17-6-19-16(5-15(17)7-21(27)28)8-24-22(19)18-9-25-26-10-18/h2-6,9-10H,7-8,11-12H2,1H3,(H,25,26). The molecule has 5 rings (SSSR count). The van der Waals surface area contributed by atoms with Crippen molar-refractivity contribution >= 4 is 11.6 Å². The van der Waals surface area contributed by atoms with E-state index in [1.165, 1.54) is 6.07 Å². The van der Waals surface area contributed by atoms with Gasteiger partial charge in [0.15, 0.2) is 0 Å². The first-order valence-corrected chi connectivity index (χ1v) is 9.30. The number of hydrogen-bond donors (Lipinski definition) is 1. The zero-order chi connectivity index (χ0) is 19.3. The number of benzene rings is 2. The van der Waals surface area contributed by atoms with Gasteiger partial charge >= 0.3 is 0 Å². The van der Waals surface area contributed by atoms with Gasteiger partial charge in [0.05, 0.1) is 24.9 Å². The molecule has 3 heterocycles. The molecule has 0 radical (unpaired) electrons. The maximum atomic E-state index is 13.5. The first-order valence-electron chi connectivity index (χ1n) is 9.30. The summed E-state index contributed by atoms with van der Waals surface area (Å²) in [5.41, 5.74) is 7.97. The Balaban J connectivity index is 1.44. The summed E-state index contributed by atoms with van der Waals surface area (Å²) in [6.07, 6.45) is 4.02. The molecule has 1 N–H and O–H groups in total. The Labute approximate surface area is 161 Å². The normalized spacial score (nSPS) is 15.4. The highest BCUT2D eigenvalue weighted by Crippen LogP contribution is 2.30. The fourth-order valence-corrected chi connectivity index (χ4v) is 4.02. The predicted octanol–water partition coefficient (Wildman–Crippen LogP) is 3.29. The van der Waals surface area contributed by atoms with Crippen LogP contribution in [0.25, 0.3) is 0 Å². The molecule has 1 aromatic heterocycles. The van der Waals surface area contributed by atoms with Gasteiger partial charge in [-0.05, 0) is 46.9 Å². The highest BCUT2D eigenvalue weighted by molar-refractivity contribution is 6.15. The lowest BCUT2D eigenvalue weighted by molar-refractivity contribution is -0.132. The third-order valence-corrected chi connectivity index (χ3v) is 5.51. The summed E-state index contributed by atoms with van der Waals surface area (Å²) >= 11 is 0. The molecule has 0 bridgehead atoms. The van der Waals surface area contributed by atoms with Crippen LogP contribution < -0.4 is 0 Å². The molecule has 3 aromatic rings. The minimum absolute atomic E-state index is 0.100. The van der Waals surface area contributed by atoms with Crippen molar-refractivity contribution < 1.29 is 9.18 Å². The Kier molecular flexibility index (Phi) is 3.86. The van der Waals surface area contributed by atoms with Crippen LogP contribution in [0.5, 0.6) is 0 Å². The van der Waals surface area contributed by atoms with Crippen LogP contribution in [-0.2, 0) is 30.8 Å². The van der Waals surface area contributed by atoms with Crippen LogP contribution in [0.3, 0.4) is 0 Å². The molecular formula is C22H19FN4O. The second-order valence-electron chi connectivity index (χ2n) is 7.44. The molecule has 0 atom stereocenters. The van der Waals surface area contributed by atoms with Crippen LogP contribution in [0, 0.1) is 12.7 Å². The first-order chi connectivity index (χ1) is 13.6. The van der Waals surface area contributed by atoms with E-state index >= 15 is 0 Å². The molecule has 0 spiro atoms. The highest BCUT2D eigenvalue weighted by Gasteiger charge is 2.27. The molecule has 1 amide bonds. The van der Waals surface area contributed by atoms with Crippen molar-refractivity contribution in [3.63, 3.8) is 0 Å². The van der Waals surface area contributed by atoms with Crippen LogP contribution in [0.2, 0.25) is 0 Å². The third kappa shape index (κ3) is 2.81. The second kappa shape index (κ2) is 6.41. The number of aliphatic imine (C=N–C) groups is 1. The topological polar surface area (TPSA) is 61.4 Å². The molecule has 0 saturated carbocycles. The van der Waals surface area contributed by atoms with Crippen LogP contribution in [0.15, 0.2) is 47.7 Å². The average Bonchev–Trinajstić information content (AvgIpc) is 3.33. The Bertz CT molecular complexity index is 1120. The quantitative estimate of drug-likeness (QED) is 0.765. The molecule has 2 aliphatic rings. The Morgan fingerprint density at radius 3 is 2.86 bits per heavy atom. The second-order valence-corrected chi connectivity index (χ2v) is 7.44. The summed E-state index contributed by atoms with van der Waals surface area (Å²) in [7, 11) is 0. The van der Waals surface area contributed by atoms with Gasteiger partial charge in [-0.3, -0.25) is 14.9 Å². The van der Waals surface area contributed by atoms with E-state index in [-0.39, 0.29) is 11.7 Å². The minimum atomic E-state index is -0.222. The SMILES string of the molecule is Cc1cc(CN2Cc3cc4c(cc3CC2=O)CN=C4c2cn[nH]c2)ccc1F. The molecule has 2 aromatic carbocycles. The van der Waals surface area contributed by atoms with Crippen molar-refractivity contribution in [2.75, 3.05) is 0 Å². The number of hydrogen-bond acceptors (Lipinski definition) is 3. The number of nitrogens with zero attached hydrogens (tertiary/aromatic N) is 3. The molecule has 0 fully saturated rings. The lowest BCUT2D eigenvalue weighted by Gasteiger charge is -2.29. The number of halogens is 1. The van der Waals surface area contributed by atoms with E-state index in [0.29, 0.717) is 31.6 Å². The highest BCUT2D eigenvalue weighted by atomic mass is 19.1. The molecule has 2 aliphatic heterocycles. The number of fused-ring (bicyclic) bond motifs is 2. The average molecular weight is 374 g/mol. The number of nitrogens with one attached hydrogen (secondary N) is 1. The zero-order valence-corrected chi connectivity index (χ0v) is 15.5. The van der Waals surface area contributed by atoms with E-state index in [4.69, 9.17) is 0 Å². The van der Waals surface area contributed by atoms with E-state index in [9.17, 15) is 9.18 Å². The first kappa shape index (κ1) is 16.9. The van der Waals surface area contributed by atoms with Crippen molar-refractivity contribution in [3.8, 4) is 0 Å². The molecule has 0 saturated heterocycles. The van der Waals surface area contributed by atoms with Gasteiger partial charge in [-0.25, -0.2) is 4.39 Å². The van der Waals surface area contributed by atoms with E-state index in [2.05, 4.69) is 27.3 Å². The lowest BCUT2D eigenvalue weighted by Crippen LogP contribution is -2.35. The van der Waals surface area contributed by atoms with E-state index in [0.717, 1.165) is 39.1 Å². The molecule has 6 heteroatoms. The van der Waals surface area contributed by atoms with Gasteiger partial charge in [-0.2, -0.15) is 5.10 Å². The van der Waals surface area contributed by atoms with Gasteiger partial charge in [-0.1, -0.05) is 18.2 Å². The molecular weight excluding hydrogens is 355 g/mol. The van der Waals surface area contributed by atoms with Crippen molar-refractivity contribution in [3.05, 3.63) is 87.5 Å². The summed E-state index contributed by atoms with van der Waals surface area (Å²) in [6, 6.07) is 9.31. The van der Waals surface area contributed by atoms with E-state index < -0.39 is 0 Å². The summed E-state index contributed by atoms with van der Waals surface area (Å²) in [6.45, 7) is 3.41. The lowest BCUT2D eigenvalue weighted by atomic mass is 9.91. The number of aromatic amines is 1. The number of aryl methyl sites for hydroxylation is 1. The monoisotopic (exact) mass is 374 g/mol. The van der Waals surface area contributed by atoms with Gasteiger partial charge in [0.25, 0.3) is 0 Å². The number of carbonyl (C=O) groups is 1. The molecule has 140 valence electrons. The smallest absolute Gasteiger partial charge is 0.227 e. The van der Waals surface area contributed by atoms with Crippen LogP contribution in [-0.4, -0.2) is 26.7 Å². The molecule has 0 aliphatic carbocycles. The van der Waals surface area contributed by atoms with Crippen molar-refractivity contribution in [2.45, 2.75) is 33.0 Å². The van der Waals surface area contributed by atoms with Crippen molar-refractivity contribution in [2.24, 2.45) is 4.99 Å². The van der Waals surface area contributed by atoms with Crippen LogP contribution in [0.4, 0.5) is 4.39 Å². The Hall–Kier alpha value is -3.28. The third-order valence-electron chi connectivity index (χ3n) is 5.51. The van der Waals surface area contributed by atoms with Gasteiger partial charge in [0, 0.05) is 30.4 Å². The number of amides is 1. The largest absolute Gasteiger partial charge is 0.334 e. The number of aromatic nitrogens is 2.